The van der Waals surface area contributed by atoms with Crippen LogP contribution >= 0.6 is 0 Å². The van der Waals surface area contributed by atoms with Crippen molar-refractivity contribution < 1.29 is 14.3 Å². The highest BCUT2D eigenvalue weighted by atomic mass is 16.5. The number of nitrogens with one attached hydrogen (secondary N) is 1. The van der Waals surface area contributed by atoms with Crippen molar-refractivity contribution in [1.29, 1.82) is 0 Å². The first kappa shape index (κ1) is 21.1. The van der Waals surface area contributed by atoms with E-state index in [1.165, 1.54) is 6.20 Å². The van der Waals surface area contributed by atoms with Gasteiger partial charge in [0.1, 0.15) is 12.3 Å². The Bertz CT molecular complexity index is 1370. The van der Waals surface area contributed by atoms with Crippen LogP contribution in [0.1, 0.15) is 21.5 Å². The number of carbonyl (C=O) groups is 2. The molecule has 4 aromatic rings. The van der Waals surface area contributed by atoms with Crippen molar-refractivity contribution in [2.75, 3.05) is 12.4 Å². The lowest BCUT2D eigenvalue weighted by molar-refractivity contribution is -0.116. The third-order valence-corrected chi connectivity index (χ3v) is 5.21. The number of aryl methyl sites for hydroxylation is 1. The van der Waals surface area contributed by atoms with Gasteiger partial charge in [0.15, 0.2) is 5.78 Å². The first-order chi connectivity index (χ1) is 15.5. The summed E-state index contributed by atoms with van der Waals surface area (Å²) in [5.74, 6) is -0.0360. The number of nitrogens with zero attached hydrogens (tertiary/aromatic N) is 1. The number of carbonyl (C=O) groups excluding carboxylic acids is 2. The molecule has 4 rings (SSSR count). The Morgan fingerprint density at radius 1 is 0.969 bits per heavy atom. The van der Waals surface area contributed by atoms with Gasteiger partial charge in [0, 0.05) is 28.9 Å². The molecule has 0 aliphatic carbocycles. The number of pyridine rings is 1. The second-order valence-corrected chi connectivity index (χ2v) is 7.49. The molecule has 0 saturated heterocycles. The highest BCUT2D eigenvalue weighted by Crippen LogP contribution is 2.18. The van der Waals surface area contributed by atoms with Crippen LogP contribution in [-0.4, -0.2) is 23.4 Å². The van der Waals surface area contributed by atoms with Crippen LogP contribution in [0, 0.1) is 6.92 Å². The molecule has 6 heteroatoms. The topological polar surface area (TPSA) is 77.4 Å². The summed E-state index contributed by atoms with van der Waals surface area (Å²) in [6, 6.07) is 21.1. The number of rotatable bonds is 6. The van der Waals surface area contributed by atoms with E-state index in [9.17, 15) is 14.4 Å². The number of para-hydroxylation sites is 1. The normalized spacial score (nSPS) is 10.7. The standard InChI is InChI=1S/C26H22N2O4/c1-17-10-12-18(13-11-17)25(30)22-15-28(23-9-4-3-8-21(23)26(22)31)16-24(29)27-19-6-5-7-20(14-19)32-2/h3-15H,16H2,1-2H3,(H,27,29). The molecule has 0 saturated carbocycles. The maximum Gasteiger partial charge on any atom is 0.244 e. The maximum atomic E-state index is 13.1. The molecule has 0 aliphatic rings. The van der Waals surface area contributed by atoms with Crippen LogP contribution in [0.15, 0.2) is 83.8 Å². The smallest absolute Gasteiger partial charge is 0.244 e. The van der Waals surface area contributed by atoms with Crippen LogP contribution in [0.2, 0.25) is 0 Å². The van der Waals surface area contributed by atoms with E-state index in [1.54, 1.807) is 72.3 Å². The molecule has 1 aromatic heterocycles. The van der Waals surface area contributed by atoms with Crippen LogP contribution in [0.3, 0.4) is 0 Å². The summed E-state index contributed by atoms with van der Waals surface area (Å²) in [6.45, 7) is 1.87. The van der Waals surface area contributed by atoms with Gasteiger partial charge in [-0.25, -0.2) is 0 Å². The maximum absolute atomic E-state index is 13.1. The number of ketones is 1. The molecule has 0 spiro atoms. The van der Waals surface area contributed by atoms with Crippen LogP contribution in [0.25, 0.3) is 10.9 Å². The molecule has 0 unspecified atom stereocenters. The zero-order valence-electron chi connectivity index (χ0n) is 17.8. The number of fused-ring (bicyclic) bond motifs is 1. The minimum Gasteiger partial charge on any atom is -0.497 e. The summed E-state index contributed by atoms with van der Waals surface area (Å²) in [5.41, 5.74) is 2.30. The van der Waals surface area contributed by atoms with Crippen LogP contribution in [-0.2, 0) is 11.3 Å². The zero-order chi connectivity index (χ0) is 22.7. The number of hydrogen-bond acceptors (Lipinski definition) is 4. The van der Waals surface area contributed by atoms with Gasteiger partial charge in [-0.1, -0.05) is 48.0 Å². The van der Waals surface area contributed by atoms with Crippen molar-refractivity contribution in [1.82, 2.24) is 4.57 Å². The zero-order valence-corrected chi connectivity index (χ0v) is 17.8. The van der Waals surface area contributed by atoms with Crippen molar-refractivity contribution >= 4 is 28.3 Å². The van der Waals surface area contributed by atoms with Gasteiger partial charge in [-0.05, 0) is 31.2 Å². The van der Waals surface area contributed by atoms with Gasteiger partial charge in [0.05, 0.1) is 18.2 Å². The first-order valence-corrected chi connectivity index (χ1v) is 10.1. The molecule has 0 radical (unpaired) electrons. The Morgan fingerprint density at radius 3 is 2.47 bits per heavy atom. The van der Waals surface area contributed by atoms with Gasteiger partial charge in [0.25, 0.3) is 0 Å². The largest absolute Gasteiger partial charge is 0.497 e. The van der Waals surface area contributed by atoms with Crippen molar-refractivity contribution in [3.05, 3.63) is 106 Å². The van der Waals surface area contributed by atoms with Gasteiger partial charge < -0.3 is 14.6 Å². The fraction of sp³-hybridized carbons (Fsp3) is 0.115. The number of anilines is 1. The lowest BCUT2D eigenvalue weighted by Gasteiger charge is -2.14. The summed E-state index contributed by atoms with van der Waals surface area (Å²) >= 11 is 0. The van der Waals surface area contributed by atoms with E-state index in [1.807, 2.05) is 19.1 Å². The summed E-state index contributed by atoms with van der Waals surface area (Å²) < 4.78 is 6.82. The monoisotopic (exact) mass is 426 g/mol. The number of hydrogen-bond donors (Lipinski definition) is 1. The van der Waals surface area contributed by atoms with Crippen molar-refractivity contribution in [3.8, 4) is 5.75 Å². The average molecular weight is 426 g/mol. The molecule has 32 heavy (non-hydrogen) atoms. The van der Waals surface area contributed by atoms with E-state index < -0.39 is 0 Å². The third kappa shape index (κ3) is 4.30. The van der Waals surface area contributed by atoms with Crippen molar-refractivity contribution in [3.63, 3.8) is 0 Å². The number of benzene rings is 3. The average Bonchev–Trinajstić information content (AvgIpc) is 2.81. The summed E-state index contributed by atoms with van der Waals surface area (Å²) in [4.78, 5) is 38.9. The molecule has 6 nitrogen and oxygen atoms in total. The number of methoxy groups -OCH3 is 1. The quantitative estimate of drug-likeness (QED) is 0.469. The predicted octanol–water partition coefficient (Wildman–Crippen LogP) is 4.19. The molecule has 1 N–H and O–H groups in total. The second-order valence-electron chi connectivity index (χ2n) is 7.49. The van der Waals surface area contributed by atoms with E-state index in [0.717, 1.165) is 5.56 Å². The first-order valence-electron chi connectivity index (χ1n) is 10.1. The van der Waals surface area contributed by atoms with E-state index in [-0.39, 0.29) is 29.2 Å². The van der Waals surface area contributed by atoms with Gasteiger partial charge in [-0.2, -0.15) is 0 Å². The third-order valence-electron chi connectivity index (χ3n) is 5.21. The minimum atomic E-state index is -0.372. The molecule has 0 fully saturated rings. The van der Waals surface area contributed by atoms with Gasteiger partial charge in [0.2, 0.25) is 11.3 Å². The van der Waals surface area contributed by atoms with Gasteiger partial charge in [-0.3, -0.25) is 14.4 Å². The Morgan fingerprint density at radius 2 is 1.72 bits per heavy atom. The Balaban J connectivity index is 1.71. The van der Waals surface area contributed by atoms with E-state index in [4.69, 9.17) is 4.74 Å². The Hall–Kier alpha value is -4.19. The SMILES string of the molecule is COc1cccc(NC(=O)Cn2cc(C(=O)c3ccc(C)cc3)c(=O)c3ccccc32)c1. The van der Waals surface area contributed by atoms with Crippen LogP contribution in [0.4, 0.5) is 5.69 Å². The van der Waals surface area contributed by atoms with Crippen molar-refractivity contribution in [2.24, 2.45) is 0 Å². The van der Waals surface area contributed by atoms with Gasteiger partial charge in [-0.15, -0.1) is 0 Å². The molecule has 0 atom stereocenters. The highest BCUT2D eigenvalue weighted by molar-refractivity contribution is 6.10. The lowest BCUT2D eigenvalue weighted by atomic mass is 10.0. The molecule has 3 aromatic carbocycles. The molecule has 1 amide bonds. The molecular formula is C26H22N2O4. The minimum absolute atomic E-state index is 0.0294. The van der Waals surface area contributed by atoms with E-state index in [2.05, 4.69) is 5.32 Å². The highest BCUT2D eigenvalue weighted by Gasteiger charge is 2.18. The molecule has 0 aliphatic heterocycles. The fourth-order valence-corrected chi connectivity index (χ4v) is 3.55. The summed E-state index contributed by atoms with van der Waals surface area (Å²) in [6.07, 6.45) is 1.47. The molecule has 160 valence electrons. The summed E-state index contributed by atoms with van der Waals surface area (Å²) in [5, 5.41) is 3.22. The van der Waals surface area contributed by atoms with Gasteiger partial charge >= 0.3 is 0 Å². The Labute approximate surface area is 185 Å². The lowest BCUT2D eigenvalue weighted by Crippen LogP contribution is -2.24. The number of amides is 1. The Kier molecular flexibility index (Phi) is 5.85. The summed E-state index contributed by atoms with van der Waals surface area (Å²) in [7, 11) is 1.56. The molecular weight excluding hydrogens is 404 g/mol. The molecule has 0 bridgehead atoms. The van der Waals surface area contributed by atoms with E-state index >= 15 is 0 Å². The predicted molar refractivity (Wildman–Crippen MR) is 124 cm³/mol. The molecule has 1 heterocycles. The van der Waals surface area contributed by atoms with Crippen LogP contribution in [0.5, 0.6) is 5.75 Å². The van der Waals surface area contributed by atoms with Crippen LogP contribution < -0.4 is 15.5 Å². The number of ether oxygens (including phenoxy) is 1. The van der Waals surface area contributed by atoms with E-state index in [0.29, 0.717) is 27.9 Å². The fourth-order valence-electron chi connectivity index (χ4n) is 3.55. The number of aromatic nitrogens is 1. The van der Waals surface area contributed by atoms with Crippen molar-refractivity contribution in [2.45, 2.75) is 13.5 Å². The second kappa shape index (κ2) is 8.89.